The third kappa shape index (κ3) is 7.65. The topological polar surface area (TPSA) is 90.2 Å². The van der Waals surface area contributed by atoms with Gasteiger partial charge in [0.2, 0.25) is 0 Å². The van der Waals surface area contributed by atoms with E-state index in [-0.39, 0.29) is 11.4 Å². The number of ether oxygens (including phenoxy) is 1. The molecule has 0 aliphatic carbocycles. The second-order valence-corrected chi connectivity index (χ2v) is 10.3. The Kier molecular flexibility index (Phi) is 8.98. The van der Waals surface area contributed by atoms with E-state index in [9.17, 15) is 20.4 Å². The molecule has 0 spiro atoms. The van der Waals surface area contributed by atoms with Crippen LogP contribution in [0.1, 0.15) is 84.3 Å². The summed E-state index contributed by atoms with van der Waals surface area (Å²) in [6.45, 7) is 11.5. The summed E-state index contributed by atoms with van der Waals surface area (Å²) in [5, 5.41) is 40.9. The van der Waals surface area contributed by atoms with Crippen molar-refractivity contribution in [2.24, 2.45) is 0 Å². The molecule has 0 saturated carbocycles. The number of benzene rings is 1. The van der Waals surface area contributed by atoms with E-state index in [1.807, 2.05) is 40.7 Å². The van der Waals surface area contributed by atoms with Gasteiger partial charge in [-0.2, -0.15) is 0 Å². The first-order chi connectivity index (χ1) is 14.8. The third-order valence-electron chi connectivity index (χ3n) is 6.47. The number of phenolic OH excluding ortho intramolecular Hbond substituents is 1. The van der Waals surface area contributed by atoms with Crippen molar-refractivity contribution in [3.63, 3.8) is 0 Å². The molecule has 180 valence electrons. The van der Waals surface area contributed by atoms with Gasteiger partial charge in [0.15, 0.2) is 0 Å². The van der Waals surface area contributed by atoms with E-state index < -0.39 is 17.8 Å². The number of fused-ring (bicyclic) bond motifs is 1. The summed E-state index contributed by atoms with van der Waals surface area (Å²) in [6, 6.07) is 3.53. The van der Waals surface area contributed by atoms with Crippen LogP contribution in [0, 0.1) is 6.92 Å². The Morgan fingerprint density at radius 3 is 2.56 bits per heavy atom. The fourth-order valence-electron chi connectivity index (χ4n) is 4.43. The highest BCUT2D eigenvalue weighted by Crippen LogP contribution is 2.40. The average molecular weight is 447 g/mol. The monoisotopic (exact) mass is 446 g/mol. The van der Waals surface area contributed by atoms with Crippen LogP contribution in [0.2, 0.25) is 0 Å². The SMILES string of the molecule is CC(C)=C[C@@H](O)[C@@H](O)/C(C)=C/CCC(C)(O)CCC[C@]1(C)CCc2cc(O)cc(C)c2O1. The second kappa shape index (κ2) is 10.9. The summed E-state index contributed by atoms with van der Waals surface area (Å²) in [5.41, 5.74) is 2.62. The highest BCUT2D eigenvalue weighted by Gasteiger charge is 2.33. The molecule has 1 aromatic carbocycles. The molecule has 1 unspecified atom stereocenters. The Morgan fingerprint density at radius 1 is 1.22 bits per heavy atom. The third-order valence-corrected chi connectivity index (χ3v) is 6.47. The highest BCUT2D eigenvalue weighted by atomic mass is 16.5. The van der Waals surface area contributed by atoms with Crippen LogP contribution in [0.15, 0.2) is 35.4 Å². The Morgan fingerprint density at radius 2 is 1.91 bits per heavy atom. The molecule has 0 radical (unpaired) electrons. The minimum absolute atomic E-state index is 0.271. The van der Waals surface area contributed by atoms with Crippen molar-refractivity contribution in [2.45, 2.75) is 110 Å². The Balaban J connectivity index is 1.84. The van der Waals surface area contributed by atoms with Crippen LogP contribution < -0.4 is 4.74 Å². The van der Waals surface area contributed by atoms with Gasteiger partial charge >= 0.3 is 0 Å². The van der Waals surface area contributed by atoms with E-state index in [1.54, 1.807) is 18.2 Å². The molecule has 0 amide bonds. The van der Waals surface area contributed by atoms with Gasteiger partial charge in [0, 0.05) is 0 Å². The molecule has 1 aliphatic rings. The van der Waals surface area contributed by atoms with Gasteiger partial charge in [0.25, 0.3) is 0 Å². The van der Waals surface area contributed by atoms with Gasteiger partial charge in [0.1, 0.15) is 29.3 Å². The van der Waals surface area contributed by atoms with Gasteiger partial charge in [-0.1, -0.05) is 17.7 Å². The first-order valence-corrected chi connectivity index (χ1v) is 11.7. The molecule has 0 bridgehead atoms. The summed E-state index contributed by atoms with van der Waals surface area (Å²) < 4.78 is 6.35. The molecule has 4 N–H and O–H groups in total. The minimum Gasteiger partial charge on any atom is -0.508 e. The highest BCUT2D eigenvalue weighted by molar-refractivity contribution is 5.47. The van der Waals surface area contributed by atoms with Crippen molar-refractivity contribution < 1.29 is 25.2 Å². The summed E-state index contributed by atoms with van der Waals surface area (Å²) in [6.07, 6.45) is 7.08. The van der Waals surface area contributed by atoms with E-state index in [1.165, 1.54) is 0 Å². The molecule has 1 aliphatic heterocycles. The van der Waals surface area contributed by atoms with Crippen LogP contribution in [0.3, 0.4) is 0 Å². The number of aryl methyl sites for hydroxylation is 2. The molecule has 0 saturated heterocycles. The van der Waals surface area contributed by atoms with Crippen LogP contribution >= 0.6 is 0 Å². The lowest BCUT2D eigenvalue weighted by molar-refractivity contribution is 0.0198. The van der Waals surface area contributed by atoms with Crippen LogP contribution in [0.25, 0.3) is 0 Å². The Labute approximate surface area is 193 Å². The van der Waals surface area contributed by atoms with E-state index in [0.717, 1.165) is 48.1 Å². The first kappa shape index (κ1) is 26.4. The average Bonchev–Trinajstić information content (AvgIpc) is 2.67. The maximum atomic E-state index is 10.8. The molecular formula is C27H42O5. The summed E-state index contributed by atoms with van der Waals surface area (Å²) >= 11 is 0. The largest absolute Gasteiger partial charge is 0.508 e. The molecular weight excluding hydrogens is 404 g/mol. The van der Waals surface area contributed by atoms with Gasteiger partial charge < -0.3 is 25.2 Å². The van der Waals surface area contributed by atoms with Crippen LogP contribution in [-0.4, -0.2) is 43.8 Å². The summed E-state index contributed by atoms with van der Waals surface area (Å²) in [7, 11) is 0. The lowest BCUT2D eigenvalue weighted by Crippen LogP contribution is -2.37. The Hall–Kier alpha value is -1.82. The standard InChI is InChI=1S/C27H42O5/c1-18(2)15-23(29)24(30)19(3)9-7-11-26(5,31)12-8-13-27(6)14-10-21-17-22(28)16-20(4)25(21)32-27/h9,15-17,23-24,28-31H,7-8,10-14H2,1-6H3/b19-9+/t23-,24+,26?,27-/m1/s1. The van der Waals surface area contributed by atoms with Crippen LogP contribution in [0.4, 0.5) is 0 Å². The first-order valence-electron chi connectivity index (χ1n) is 11.7. The van der Waals surface area contributed by atoms with Crippen molar-refractivity contribution >= 4 is 0 Å². The number of rotatable bonds is 10. The van der Waals surface area contributed by atoms with E-state index in [2.05, 4.69) is 6.92 Å². The van der Waals surface area contributed by atoms with Gasteiger partial charge in [-0.15, -0.1) is 0 Å². The Bertz CT molecular complexity index is 835. The normalized spacial score (nSPS) is 22.3. The maximum Gasteiger partial charge on any atom is 0.126 e. The van der Waals surface area contributed by atoms with Crippen molar-refractivity contribution in [3.05, 3.63) is 46.6 Å². The quantitative estimate of drug-likeness (QED) is 0.375. The number of phenols is 1. The predicted molar refractivity (Wildman–Crippen MR) is 129 cm³/mol. The molecule has 5 heteroatoms. The zero-order valence-electron chi connectivity index (χ0n) is 20.6. The van der Waals surface area contributed by atoms with Crippen LogP contribution in [0.5, 0.6) is 11.5 Å². The minimum atomic E-state index is -0.925. The smallest absolute Gasteiger partial charge is 0.126 e. The lowest BCUT2D eigenvalue weighted by Gasteiger charge is -2.37. The van der Waals surface area contributed by atoms with Crippen molar-refractivity contribution in [3.8, 4) is 11.5 Å². The summed E-state index contributed by atoms with van der Waals surface area (Å²) in [5.74, 6) is 1.17. The molecule has 0 fully saturated rings. The van der Waals surface area contributed by atoms with Gasteiger partial charge in [-0.25, -0.2) is 0 Å². The van der Waals surface area contributed by atoms with Crippen molar-refractivity contribution in [1.29, 1.82) is 0 Å². The molecule has 1 heterocycles. The zero-order chi connectivity index (χ0) is 24.1. The fraction of sp³-hybridized carbons (Fsp3) is 0.630. The molecule has 2 rings (SSSR count). The summed E-state index contributed by atoms with van der Waals surface area (Å²) in [4.78, 5) is 0. The van der Waals surface area contributed by atoms with Crippen molar-refractivity contribution in [1.82, 2.24) is 0 Å². The number of aliphatic hydroxyl groups is 3. The number of aliphatic hydroxyl groups excluding tert-OH is 2. The van der Waals surface area contributed by atoms with Gasteiger partial charge in [0.05, 0.1) is 5.60 Å². The van der Waals surface area contributed by atoms with E-state index >= 15 is 0 Å². The number of hydrogen-bond donors (Lipinski definition) is 4. The lowest BCUT2D eigenvalue weighted by atomic mass is 9.85. The van der Waals surface area contributed by atoms with Crippen molar-refractivity contribution in [2.75, 3.05) is 0 Å². The van der Waals surface area contributed by atoms with E-state index in [0.29, 0.717) is 24.8 Å². The number of hydrogen-bond acceptors (Lipinski definition) is 5. The zero-order valence-corrected chi connectivity index (χ0v) is 20.6. The maximum absolute atomic E-state index is 10.8. The molecule has 5 nitrogen and oxygen atoms in total. The number of allylic oxidation sites excluding steroid dienone is 2. The van der Waals surface area contributed by atoms with Crippen LogP contribution in [-0.2, 0) is 6.42 Å². The molecule has 32 heavy (non-hydrogen) atoms. The molecule has 4 atom stereocenters. The predicted octanol–water partition coefficient (Wildman–Crippen LogP) is 5.12. The van der Waals surface area contributed by atoms with Gasteiger partial charge in [-0.3, -0.25) is 0 Å². The second-order valence-electron chi connectivity index (χ2n) is 10.3. The number of aromatic hydroxyl groups is 1. The van der Waals surface area contributed by atoms with E-state index in [4.69, 9.17) is 4.74 Å². The molecule has 0 aromatic heterocycles. The van der Waals surface area contributed by atoms with Gasteiger partial charge in [-0.05, 0) is 115 Å². The fourth-order valence-corrected chi connectivity index (χ4v) is 4.43. The molecule has 1 aromatic rings.